The first kappa shape index (κ1) is 34.1. The van der Waals surface area contributed by atoms with E-state index in [1.807, 2.05) is 66.9 Å². The molecule has 0 unspecified atom stereocenters. The predicted molar refractivity (Wildman–Crippen MR) is 199 cm³/mol. The Bertz CT molecular complexity index is 2240. The molecular weight excluding hydrogens is 782 g/mol. The first-order chi connectivity index (χ1) is 23.0. The fraction of sp³-hybridized carbons (Fsp3) is 0.182. The van der Waals surface area contributed by atoms with Gasteiger partial charge in [-0.3, -0.25) is 9.55 Å². The molecule has 0 amide bonds. The molecule has 1 N–H and O–H groups in total. The second kappa shape index (κ2) is 13.3. The smallest absolute Gasteiger partial charge is 0.148 e. The number of hydrogen-bond acceptors (Lipinski definition) is 3. The number of imidazole rings is 1. The van der Waals surface area contributed by atoms with Crippen LogP contribution in [-0.4, -0.2) is 19.6 Å². The van der Waals surface area contributed by atoms with Crippen LogP contribution in [-0.2, 0) is 31.9 Å². The van der Waals surface area contributed by atoms with Gasteiger partial charge in [0, 0.05) is 38.6 Å². The summed E-state index contributed by atoms with van der Waals surface area (Å²) in [6.45, 7) is 13.5. The van der Waals surface area contributed by atoms with Crippen molar-refractivity contribution in [1.82, 2.24) is 14.5 Å². The Labute approximate surface area is 303 Å². The molecule has 0 atom stereocenters. The van der Waals surface area contributed by atoms with Crippen LogP contribution < -0.4 is 0 Å². The Morgan fingerprint density at radius 2 is 1.27 bits per heavy atom. The molecule has 2 aromatic heterocycles. The Morgan fingerprint density at radius 1 is 0.612 bits per heavy atom. The van der Waals surface area contributed by atoms with E-state index in [0.717, 1.165) is 50.2 Å². The summed E-state index contributed by atoms with van der Waals surface area (Å²) in [6, 6.07) is 44.9. The molecule has 0 aliphatic carbocycles. The van der Waals surface area contributed by atoms with Crippen molar-refractivity contribution in [2.75, 3.05) is 0 Å². The summed E-state index contributed by atoms with van der Waals surface area (Å²) < 4.78 is 2.16. The van der Waals surface area contributed by atoms with Crippen molar-refractivity contribution in [3.05, 3.63) is 145 Å². The van der Waals surface area contributed by atoms with Crippen LogP contribution in [0.4, 0.5) is 0 Å². The second-order valence-electron chi connectivity index (χ2n) is 14.4. The zero-order valence-electron chi connectivity index (χ0n) is 28.7. The van der Waals surface area contributed by atoms with Gasteiger partial charge >= 0.3 is 0 Å². The summed E-state index contributed by atoms with van der Waals surface area (Å²) in [5.74, 6) is 0.852. The van der Waals surface area contributed by atoms with Gasteiger partial charge in [-0.1, -0.05) is 132 Å². The number of phenolic OH excluding ortho intramolecular Hbond substituents is 1. The Hall–Kier alpha value is -4.79. The molecule has 7 aromatic rings. The minimum absolute atomic E-state index is 0. The van der Waals surface area contributed by atoms with Crippen molar-refractivity contribution >= 4 is 11.0 Å². The van der Waals surface area contributed by atoms with Gasteiger partial charge < -0.3 is 5.11 Å². The molecule has 0 aliphatic heterocycles. The molecule has 0 bridgehead atoms. The maximum atomic E-state index is 11.4. The molecule has 0 aliphatic rings. The molecule has 49 heavy (non-hydrogen) atoms. The molecule has 4 nitrogen and oxygen atoms in total. The molecule has 7 rings (SSSR count). The van der Waals surface area contributed by atoms with Crippen molar-refractivity contribution in [3.8, 4) is 56.3 Å². The van der Waals surface area contributed by atoms with Crippen molar-refractivity contribution in [1.29, 1.82) is 0 Å². The first-order valence-electron chi connectivity index (χ1n) is 16.5. The van der Waals surface area contributed by atoms with E-state index < -0.39 is 0 Å². The number of nitrogens with zero attached hydrogens (tertiary/aromatic N) is 3. The largest absolute Gasteiger partial charge is 0.507 e. The summed E-state index contributed by atoms with van der Waals surface area (Å²) in [7, 11) is 0. The number of aromatic nitrogens is 3. The summed E-state index contributed by atoms with van der Waals surface area (Å²) in [4.78, 5) is 10.2. The van der Waals surface area contributed by atoms with E-state index in [4.69, 9.17) is 9.97 Å². The normalized spacial score (nSPS) is 11.8. The summed E-state index contributed by atoms with van der Waals surface area (Å²) in [6.07, 6.45) is 1.84. The van der Waals surface area contributed by atoms with Crippen molar-refractivity contribution < 1.29 is 26.2 Å². The number of hydrogen-bond donors (Lipinski definition) is 1. The number of aromatic hydroxyl groups is 1. The molecule has 248 valence electrons. The molecule has 0 fully saturated rings. The maximum absolute atomic E-state index is 11.4. The van der Waals surface area contributed by atoms with Crippen molar-refractivity contribution in [2.24, 2.45) is 0 Å². The number of fused-ring (bicyclic) bond motifs is 1. The number of pyridine rings is 1. The number of para-hydroxylation sites is 2. The van der Waals surface area contributed by atoms with Crippen molar-refractivity contribution in [2.45, 2.75) is 52.4 Å². The SMILES string of the molecule is CC(C)(C)c1cc(C(C)(C)C)c(-c2cccc3c2nc(-c2cc(-c4ccccc4)ccc2O)n3-c2ccccc2)[c-]c1-c1ccccn1.[Pt]. The van der Waals surface area contributed by atoms with Crippen LogP contribution in [0, 0.1) is 6.07 Å². The Balaban J connectivity index is 0.00000417. The summed E-state index contributed by atoms with van der Waals surface area (Å²) in [5.41, 5.74) is 11.5. The van der Waals surface area contributed by atoms with E-state index in [-0.39, 0.29) is 37.6 Å². The van der Waals surface area contributed by atoms with Crippen LogP contribution in [0.3, 0.4) is 0 Å². The average molecular weight is 822 g/mol. The number of rotatable bonds is 5. The number of benzene rings is 5. The monoisotopic (exact) mass is 821 g/mol. The quantitative estimate of drug-likeness (QED) is 0.176. The van der Waals surface area contributed by atoms with E-state index in [1.165, 1.54) is 11.1 Å². The first-order valence-corrected chi connectivity index (χ1v) is 16.5. The summed E-state index contributed by atoms with van der Waals surface area (Å²) in [5, 5.41) is 11.4. The minimum Gasteiger partial charge on any atom is -0.507 e. The molecular formula is C44H40N3OPt-. The third kappa shape index (κ3) is 6.50. The van der Waals surface area contributed by atoms with E-state index >= 15 is 0 Å². The Morgan fingerprint density at radius 3 is 1.92 bits per heavy atom. The van der Waals surface area contributed by atoms with Gasteiger partial charge in [0.1, 0.15) is 11.6 Å². The molecule has 0 spiro atoms. The van der Waals surface area contributed by atoms with E-state index in [9.17, 15) is 5.11 Å². The van der Waals surface area contributed by atoms with E-state index in [1.54, 1.807) is 6.07 Å². The Kier molecular flexibility index (Phi) is 9.22. The van der Waals surface area contributed by atoms with Crippen LogP contribution in [0.1, 0.15) is 52.7 Å². The minimum atomic E-state index is -0.177. The predicted octanol–water partition coefficient (Wildman–Crippen LogP) is 11.2. The zero-order valence-corrected chi connectivity index (χ0v) is 31.0. The number of phenols is 1. The fourth-order valence-electron chi connectivity index (χ4n) is 6.50. The van der Waals surface area contributed by atoms with Gasteiger partial charge in [-0.2, -0.15) is 0 Å². The van der Waals surface area contributed by atoms with Gasteiger partial charge in [-0.25, -0.2) is 4.98 Å². The van der Waals surface area contributed by atoms with Gasteiger partial charge in [0.15, 0.2) is 0 Å². The molecule has 5 heteroatoms. The molecule has 0 radical (unpaired) electrons. The van der Waals surface area contributed by atoms with Gasteiger partial charge in [-0.15, -0.1) is 28.8 Å². The average Bonchev–Trinajstić information content (AvgIpc) is 3.48. The second-order valence-corrected chi connectivity index (χ2v) is 14.4. The van der Waals surface area contributed by atoms with Crippen LogP contribution in [0.5, 0.6) is 5.75 Å². The van der Waals surface area contributed by atoms with Gasteiger partial charge in [0.2, 0.25) is 0 Å². The van der Waals surface area contributed by atoms with Gasteiger partial charge in [0.05, 0.1) is 16.6 Å². The standard InChI is InChI=1S/C44H40N3O.Pt/c1-43(2,3)36-28-37(44(4,5)6)34(38-21-13-14-25-45-38)27-33(36)32-20-15-22-39-41(32)46-42(47(39)31-18-11-8-12-19-31)35-26-30(23-24-40(35)48)29-16-9-7-10-17-29;/h7-26,28,48H,1-6H3;/q-1;. The van der Waals surface area contributed by atoms with Crippen LogP contribution in [0.25, 0.3) is 61.6 Å². The van der Waals surface area contributed by atoms with Crippen LogP contribution in [0.2, 0.25) is 0 Å². The zero-order chi connectivity index (χ0) is 33.6. The maximum Gasteiger partial charge on any atom is 0.148 e. The summed E-state index contributed by atoms with van der Waals surface area (Å²) >= 11 is 0. The molecule has 2 heterocycles. The van der Waals surface area contributed by atoms with Gasteiger partial charge in [-0.05, 0) is 58.4 Å². The fourth-order valence-corrected chi connectivity index (χ4v) is 6.50. The van der Waals surface area contributed by atoms with Gasteiger partial charge in [0.25, 0.3) is 0 Å². The van der Waals surface area contributed by atoms with Crippen molar-refractivity contribution in [3.63, 3.8) is 0 Å². The van der Waals surface area contributed by atoms with Crippen LogP contribution >= 0.6 is 0 Å². The topological polar surface area (TPSA) is 50.9 Å². The third-order valence-electron chi connectivity index (χ3n) is 8.93. The van der Waals surface area contributed by atoms with E-state index in [2.05, 4.69) is 107 Å². The third-order valence-corrected chi connectivity index (χ3v) is 8.93. The molecule has 0 saturated carbocycles. The van der Waals surface area contributed by atoms with Crippen LogP contribution in [0.15, 0.2) is 128 Å². The molecule has 0 saturated heterocycles. The molecule has 5 aromatic carbocycles. The van der Waals surface area contributed by atoms with E-state index in [0.29, 0.717) is 11.4 Å².